The van der Waals surface area contributed by atoms with Crippen molar-refractivity contribution in [1.29, 1.82) is 0 Å². The van der Waals surface area contributed by atoms with Crippen molar-refractivity contribution in [2.24, 2.45) is 10.4 Å². The lowest BCUT2D eigenvalue weighted by Crippen LogP contribution is -2.29. The Morgan fingerprint density at radius 2 is 1.60 bits per heavy atom. The van der Waals surface area contributed by atoms with Gasteiger partial charge in [-0.3, -0.25) is 4.99 Å². The maximum Gasteiger partial charge on any atom is 0.125 e. The molecule has 0 spiro atoms. The predicted octanol–water partition coefficient (Wildman–Crippen LogP) is 6.58. The van der Waals surface area contributed by atoms with Gasteiger partial charge in [0.1, 0.15) is 11.6 Å². The van der Waals surface area contributed by atoms with E-state index in [1.807, 2.05) is 12.1 Å². The van der Waals surface area contributed by atoms with Crippen molar-refractivity contribution in [3.63, 3.8) is 0 Å². The van der Waals surface area contributed by atoms with E-state index in [1.54, 1.807) is 6.26 Å². The number of rotatable bonds is 5. The zero-order chi connectivity index (χ0) is 18.6. The Hall–Kier alpha value is -2.03. The normalized spacial score (nSPS) is 12.9. The summed E-state index contributed by atoms with van der Waals surface area (Å²) < 4.78 is 5.44. The van der Waals surface area contributed by atoms with Crippen LogP contribution in [0.15, 0.2) is 46.0 Å². The van der Waals surface area contributed by atoms with Gasteiger partial charge in [-0.2, -0.15) is 0 Å². The fourth-order valence-corrected chi connectivity index (χ4v) is 2.84. The van der Waals surface area contributed by atoms with Gasteiger partial charge in [-0.1, -0.05) is 66.7 Å². The van der Waals surface area contributed by atoms with Gasteiger partial charge in [0.05, 0.1) is 12.8 Å². The number of furan rings is 1. The monoisotopic (exact) mass is 340 g/mol. The first-order chi connectivity index (χ1) is 11.7. The molecule has 3 heteroatoms. The first-order valence-electron chi connectivity index (χ1n) is 9.17. The van der Waals surface area contributed by atoms with Gasteiger partial charge in [0, 0.05) is 11.1 Å². The Morgan fingerprint density at radius 3 is 2.04 bits per heavy atom. The van der Waals surface area contributed by atoms with E-state index in [0.29, 0.717) is 18.4 Å². The summed E-state index contributed by atoms with van der Waals surface area (Å²) in [7, 11) is 0. The van der Waals surface area contributed by atoms with Crippen molar-refractivity contribution in [3.05, 3.63) is 53.5 Å². The standard InChI is InChI=1S/C22H32N2O/c1-15(2)18-11-8-12-19(16(3)4)20(18)24-21(22(5,6)7)23-14-17-10-9-13-25-17/h8-13,15-16H,14H2,1-7H3,(H,23,24). The Kier molecular flexibility index (Phi) is 6.10. The molecule has 0 saturated heterocycles. The van der Waals surface area contributed by atoms with Crippen LogP contribution in [0.3, 0.4) is 0 Å². The highest BCUT2D eigenvalue weighted by molar-refractivity contribution is 6.00. The van der Waals surface area contributed by atoms with Crippen molar-refractivity contribution >= 4 is 11.5 Å². The van der Waals surface area contributed by atoms with Crippen LogP contribution in [0, 0.1) is 5.41 Å². The Labute approximate surface area is 152 Å². The van der Waals surface area contributed by atoms with Gasteiger partial charge in [-0.15, -0.1) is 0 Å². The second-order valence-corrected chi connectivity index (χ2v) is 8.24. The van der Waals surface area contributed by atoms with Gasteiger partial charge < -0.3 is 9.73 Å². The minimum Gasteiger partial charge on any atom is -0.467 e. The van der Waals surface area contributed by atoms with Gasteiger partial charge >= 0.3 is 0 Å². The van der Waals surface area contributed by atoms with Crippen LogP contribution in [0.5, 0.6) is 0 Å². The van der Waals surface area contributed by atoms with Crippen LogP contribution in [-0.2, 0) is 6.54 Å². The summed E-state index contributed by atoms with van der Waals surface area (Å²) in [5.41, 5.74) is 3.80. The van der Waals surface area contributed by atoms with Gasteiger partial charge in [0.2, 0.25) is 0 Å². The molecule has 0 aliphatic carbocycles. The third-order valence-electron chi connectivity index (χ3n) is 4.30. The summed E-state index contributed by atoms with van der Waals surface area (Å²) in [4.78, 5) is 4.85. The van der Waals surface area contributed by atoms with E-state index in [2.05, 4.69) is 72.0 Å². The number of benzene rings is 1. The van der Waals surface area contributed by atoms with E-state index < -0.39 is 0 Å². The van der Waals surface area contributed by atoms with Crippen LogP contribution >= 0.6 is 0 Å². The Bertz CT molecular complexity index is 678. The number of nitrogens with one attached hydrogen (secondary N) is 1. The third kappa shape index (κ3) is 4.97. The number of para-hydroxylation sites is 1. The second kappa shape index (κ2) is 7.90. The third-order valence-corrected chi connectivity index (χ3v) is 4.30. The molecule has 1 aromatic heterocycles. The molecule has 2 aromatic rings. The molecule has 0 unspecified atom stereocenters. The zero-order valence-corrected chi connectivity index (χ0v) is 16.7. The molecular formula is C22H32N2O. The molecule has 2 rings (SSSR count). The van der Waals surface area contributed by atoms with Crippen molar-refractivity contribution in [2.45, 2.75) is 66.8 Å². The molecule has 0 bridgehead atoms. The van der Waals surface area contributed by atoms with E-state index in [1.165, 1.54) is 16.8 Å². The summed E-state index contributed by atoms with van der Waals surface area (Å²) in [6.07, 6.45) is 1.69. The average Bonchev–Trinajstić information content (AvgIpc) is 3.03. The molecular weight excluding hydrogens is 308 g/mol. The SMILES string of the molecule is CC(C)c1cccc(C(C)C)c1NC(=NCc1ccco1)C(C)(C)C. The van der Waals surface area contributed by atoms with E-state index in [4.69, 9.17) is 9.41 Å². The van der Waals surface area contributed by atoms with Crippen molar-refractivity contribution < 1.29 is 4.42 Å². The number of anilines is 1. The molecule has 0 aliphatic rings. The highest BCUT2D eigenvalue weighted by Crippen LogP contribution is 2.34. The van der Waals surface area contributed by atoms with Crippen LogP contribution in [-0.4, -0.2) is 5.84 Å². The maximum atomic E-state index is 5.44. The molecule has 25 heavy (non-hydrogen) atoms. The average molecular weight is 341 g/mol. The van der Waals surface area contributed by atoms with Crippen LogP contribution in [0.4, 0.5) is 5.69 Å². The topological polar surface area (TPSA) is 37.5 Å². The number of amidine groups is 1. The van der Waals surface area contributed by atoms with E-state index in [0.717, 1.165) is 11.6 Å². The molecule has 136 valence electrons. The molecule has 0 aliphatic heterocycles. The fraction of sp³-hybridized carbons (Fsp3) is 0.500. The van der Waals surface area contributed by atoms with E-state index in [-0.39, 0.29) is 5.41 Å². The van der Waals surface area contributed by atoms with Gasteiger partial charge in [0.25, 0.3) is 0 Å². The predicted molar refractivity (Wildman–Crippen MR) is 108 cm³/mol. The Balaban J connectivity index is 2.43. The summed E-state index contributed by atoms with van der Waals surface area (Å²) >= 11 is 0. The molecule has 0 amide bonds. The minimum absolute atomic E-state index is 0.0784. The first-order valence-corrected chi connectivity index (χ1v) is 9.17. The van der Waals surface area contributed by atoms with Gasteiger partial charge in [-0.05, 0) is 35.1 Å². The minimum atomic E-state index is -0.0784. The Morgan fingerprint density at radius 1 is 1.00 bits per heavy atom. The maximum absolute atomic E-state index is 5.44. The summed E-state index contributed by atoms with van der Waals surface area (Å²) in [5, 5.41) is 3.69. The summed E-state index contributed by atoms with van der Waals surface area (Å²) in [6, 6.07) is 10.5. The van der Waals surface area contributed by atoms with Crippen LogP contribution in [0.1, 0.15) is 77.2 Å². The molecule has 0 radical (unpaired) electrons. The second-order valence-electron chi connectivity index (χ2n) is 8.24. The largest absolute Gasteiger partial charge is 0.467 e. The molecule has 3 nitrogen and oxygen atoms in total. The fourth-order valence-electron chi connectivity index (χ4n) is 2.84. The highest BCUT2D eigenvalue weighted by atomic mass is 16.3. The number of hydrogen-bond acceptors (Lipinski definition) is 2. The lowest BCUT2D eigenvalue weighted by Gasteiger charge is -2.27. The zero-order valence-electron chi connectivity index (χ0n) is 16.7. The van der Waals surface area contributed by atoms with Crippen molar-refractivity contribution in [1.82, 2.24) is 0 Å². The molecule has 0 atom stereocenters. The number of hydrogen-bond donors (Lipinski definition) is 1. The number of aliphatic imine (C=N–C) groups is 1. The summed E-state index contributed by atoms with van der Waals surface area (Å²) in [5.74, 6) is 2.77. The quantitative estimate of drug-likeness (QED) is 0.493. The van der Waals surface area contributed by atoms with Gasteiger partial charge in [-0.25, -0.2) is 0 Å². The first kappa shape index (κ1) is 19.3. The molecule has 0 fully saturated rings. The van der Waals surface area contributed by atoms with Crippen LogP contribution < -0.4 is 5.32 Å². The highest BCUT2D eigenvalue weighted by Gasteiger charge is 2.22. The lowest BCUT2D eigenvalue weighted by atomic mass is 9.90. The van der Waals surface area contributed by atoms with Gasteiger partial charge in [0.15, 0.2) is 0 Å². The molecule has 0 saturated carbocycles. The summed E-state index contributed by atoms with van der Waals surface area (Å²) in [6.45, 7) is 16.1. The molecule has 1 N–H and O–H groups in total. The smallest absolute Gasteiger partial charge is 0.125 e. The number of nitrogens with zero attached hydrogens (tertiary/aromatic N) is 1. The lowest BCUT2D eigenvalue weighted by molar-refractivity contribution is 0.509. The van der Waals surface area contributed by atoms with Crippen LogP contribution in [0.25, 0.3) is 0 Å². The molecule has 1 heterocycles. The van der Waals surface area contributed by atoms with Crippen molar-refractivity contribution in [3.8, 4) is 0 Å². The molecule has 1 aromatic carbocycles. The van der Waals surface area contributed by atoms with E-state index in [9.17, 15) is 0 Å². The van der Waals surface area contributed by atoms with Crippen LogP contribution in [0.2, 0.25) is 0 Å². The van der Waals surface area contributed by atoms with Crippen molar-refractivity contribution in [2.75, 3.05) is 5.32 Å². The van der Waals surface area contributed by atoms with E-state index >= 15 is 0 Å².